The second-order valence-electron chi connectivity index (χ2n) is 9.88. The van der Waals surface area contributed by atoms with E-state index in [4.69, 9.17) is 16.6 Å². The molecule has 1 saturated heterocycles. The number of benzene rings is 3. The fourth-order valence-electron chi connectivity index (χ4n) is 4.56. The summed E-state index contributed by atoms with van der Waals surface area (Å²) in [7, 11) is 0. The zero-order valence-electron chi connectivity index (χ0n) is 20.2. The Bertz CT molecular complexity index is 1340. The van der Waals surface area contributed by atoms with Gasteiger partial charge in [-0.15, -0.1) is 0 Å². The van der Waals surface area contributed by atoms with E-state index in [1.165, 1.54) is 11.8 Å². The van der Waals surface area contributed by atoms with Crippen LogP contribution in [0, 0.1) is 5.82 Å². The summed E-state index contributed by atoms with van der Waals surface area (Å²) in [5, 5.41) is 4.60. The Labute approximate surface area is 210 Å². The Hall–Kier alpha value is -3.22. The van der Waals surface area contributed by atoms with Crippen LogP contribution in [-0.4, -0.2) is 46.6 Å². The standard InChI is InChI=1S/C28H29ClFN5/c1-28(2,3)35-15-13-34(14-16-35)22-10-8-21(9-11-22)32-27-31-18-19-5-4-6-23(26(19)33-27)24-17-20(29)7-12-25(24)30/h4-12,17-18H,13-16H2,1-3H3,(H,31,32,33). The van der Waals surface area contributed by atoms with E-state index in [0.29, 0.717) is 27.6 Å². The van der Waals surface area contributed by atoms with Gasteiger partial charge in [0.05, 0.1) is 5.52 Å². The molecule has 0 radical (unpaired) electrons. The van der Waals surface area contributed by atoms with Crippen LogP contribution in [-0.2, 0) is 0 Å². The molecule has 0 amide bonds. The van der Waals surface area contributed by atoms with Gasteiger partial charge in [-0.1, -0.05) is 29.8 Å². The molecule has 2 heterocycles. The highest BCUT2D eigenvalue weighted by Gasteiger charge is 2.25. The fraction of sp³-hybridized carbons (Fsp3) is 0.286. The molecule has 0 atom stereocenters. The largest absolute Gasteiger partial charge is 0.369 e. The van der Waals surface area contributed by atoms with Gasteiger partial charge in [-0.2, -0.15) is 0 Å². The number of nitrogens with zero attached hydrogens (tertiary/aromatic N) is 4. The smallest absolute Gasteiger partial charge is 0.227 e. The van der Waals surface area contributed by atoms with Crippen molar-refractivity contribution >= 4 is 39.8 Å². The Morgan fingerprint density at radius 1 is 0.914 bits per heavy atom. The second kappa shape index (κ2) is 9.44. The van der Waals surface area contributed by atoms with Crippen molar-refractivity contribution in [1.82, 2.24) is 14.9 Å². The summed E-state index contributed by atoms with van der Waals surface area (Å²) in [4.78, 5) is 14.1. The number of piperazine rings is 1. The first-order valence-corrected chi connectivity index (χ1v) is 12.2. The van der Waals surface area contributed by atoms with E-state index < -0.39 is 0 Å². The lowest BCUT2D eigenvalue weighted by Gasteiger charge is -2.43. The third-order valence-corrected chi connectivity index (χ3v) is 6.78. The van der Waals surface area contributed by atoms with Crippen LogP contribution in [0.2, 0.25) is 5.02 Å². The summed E-state index contributed by atoms with van der Waals surface area (Å²) in [6, 6.07) is 18.5. The number of hydrogen-bond donors (Lipinski definition) is 1. The first-order chi connectivity index (χ1) is 16.8. The van der Waals surface area contributed by atoms with E-state index >= 15 is 0 Å². The Morgan fingerprint density at radius 3 is 2.37 bits per heavy atom. The zero-order valence-corrected chi connectivity index (χ0v) is 21.0. The molecule has 4 aromatic rings. The van der Waals surface area contributed by atoms with Crippen molar-refractivity contribution in [3.8, 4) is 11.1 Å². The molecule has 3 aromatic carbocycles. The predicted molar refractivity (Wildman–Crippen MR) is 143 cm³/mol. The van der Waals surface area contributed by atoms with Crippen molar-refractivity contribution in [1.29, 1.82) is 0 Å². The highest BCUT2D eigenvalue weighted by atomic mass is 35.5. The maximum atomic E-state index is 14.6. The number of hydrogen-bond acceptors (Lipinski definition) is 5. The summed E-state index contributed by atoms with van der Waals surface area (Å²) in [6.07, 6.45) is 1.75. The summed E-state index contributed by atoms with van der Waals surface area (Å²) in [6.45, 7) is 11.0. The molecule has 0 bridgehead atoms. The number of aromatic nitrogens is 2. The molecule has 7 heteroatoms. The average Bonchev–Trinajstić information content (AvgIpc) is 2.85. The lowest BCUT2D eigenvalue weighted by atomic mass is 10.0. The molecule has 35 heavy (non-hydrogen) atoms. The lowest BCUT2D eigenvalue weighted by molar-refractivity contribution is 0.128. The monoisotopic (exact) mass is 489 g/mol. The third-order valence-electron chi connectivity index (χ3n) is 6.55. The Morgan fingerprint density at radius 2 is 1.66 bits per heavy atom. The number of nitrogens with one attached hydrogen (secondary N) is 1. The van der Waals surface area contributed by atoms with Crippen molar-refractivity contribution in [2.24, 2.45) is 0 Å². The second-order valence-corrected chi connectivity index (χ2v) is 10.3. The fourth-order valence-corrected chi connectivity index (χ4v) is 4.73. The summed E-state index contributed by atoms with van der Waals surface area (Å²) in [5.74, 6) is 0.118. The molecule has 0 unspecified atom stereocenters. The minimum Gasteiger partial charge on any atom is -0.369 e. The van der Waals surface area contributed by atoms with E-state index in [1.54, 1.807) is 18.3 Å². The van der Waals surface area contributed by atoms with Crippen molar-refractivity contribution in [2.45, 2.75) is 26.3 Å². The molecule has 1 N–H and O–H groups in total. The number of rotatable bonds is 4. The van der Waals surface area contributed by atoms with Crippen LogP contribution in [0.25, 0.3) is 22.0 Å². The van der Waals surface area contributed by atoms with Gasteiger partial charge in [-0.3, -0.25) is 4.90 Å². The molecular weight excluding hydrogens is 461 g/mol. The molecule has 1 aromatic heterocycles. The van der Waals surface area contributed by atoms with E-state index in [9.17, 15) is 4.39 Å². The van der Waals surface area contributed by atoms with Gasteiger partial charge in [0.2, 0.25) is 5.95 Å². The highest BCUT2D eigenvalue weighted by Crippen LogP contribution is 2.32. The third kappa shape index (κ3) is 5.09. The van der Waals surface area contributed by atoms with Crippen LogP contribution in [0.1, 0.15) is 20.8 Å². The minimum absolute atomic E-state index is 0.206. The van der Waals surface area contributed by atoms with Gasteiger partial charge in [-0.25, -0.2) is 14.4 Å². The number of anilines is 3. The van der Waals surface area contributed by atoms with Gasteiger partial charge >= 0.3 is 0 Å². The topological polar surface area (TPSA) is 44.3 Å². The van der Waals surface area contributed by atoms with E-state index in [0.717, 1.165) is 37.3 Å². The average molecular weight is 490 g/mol. The zero-order chi connectivity index (χ0) is 24.6. The van der Waals surface area contributed by atoms with Crippen LogP contribution in [0.3, 0.4) is 0 Å². The van der Waals surface area contributed by atoms with Gasteiger partial charge in [0.1, 0.15) is 5.82 Å². The number of halogens is 2. The predicted octanol–water partition coefficient (Wildman–Crippen LogP) is 6.75. The molecule has 0 saturated carbocycles. The van der Waals surface area contributed by atoms with E-state index in [1.807, 2.05) is 30.3 Å². The summed E-state index contributed by atoms with van der Waals surface area (Å²) >= 11 is 6.13. The molecule has 0 spiro atoms. The van der Waals surface area contributed by atoms with Crippen molar-refractivity contribution in [3.05, 3.63) is 77.7 Å². The summed E-state index contributed by atoms with van der Waals surface area (Å²) in [5.41, 5.74) is 4.08. The quantitative estimate of drug-likeness (QED) is 0.343. The molecular formula is C28H29ClFN5. The molecule has 5 nitrogen and oxygen atoms in total. The van der Waals surface area contributed by atoms with E-state index in [-0.39, 0.29) is 11.4 Å². The lowest BCUT2D eigenvalue weighted by Crippen LogP contribution is -2.53. The molecule has 1 fully saturated rings. The van der Waals surface area contributed by atoms with Crippen molar-refractivity contribution in [3.63, 3.8) is 0 Å². The van der Waals surface area contributed by atoms with Gasteiger partial charge < -0.3 is 10.2 Å². The molecule has 1 aliphatic rings. The minimum atomic E-state index is -0.339. The molecule has 180 valence electrons. The van der Waals surface area contributed by atoms with Crippen molar-refractivity contribution in [2.75, 3.05) is 36.4 Å². The Balaban J connectivity index is 1.35. The van der Waals surface area contributed by atoms with Crippen LogP contribution in [0.5, 0.6) is 0 Å². The van der Waals surface area contributed by atoms with Crippen LogP contribution < -0.4 is 10.2 Å². The van der Waals surface area contributed by atoms with Gasteiger partial charge in [0.15, 0.2) is 0 Å². The van der Waals surface area contributed by atoms with Crippen molar-refractivity contribution < 1.29 is 4.39 Å². The first-order valence-electron chi connectivity index (χ1n) is 11.9. The van der Waals surface area contributed by atoms with Crippen LogP contribution >= 0.6 is 11.6 Å². The van der Waals surface area contributed by atoms with Gasteiger partial charge in [0.25, 0.3) is 0 Å². The molecule has 1 aliphatic heterocycles. The molecule has 0 aliphatic carbocycles. The Kier molecular flexibility index (Phi) is 6.34. The van der Waals surface area contributed by atoms with Crippen LogP contribution in [0.4, 0.5) is 21.7 Å². The maximum Gasteiger partial charge on any atom is 0.227 e. The molecule has 5 rings (SSSR count). The van der Waals surface area contributed by atoms with Gasteiger partial charge in [0, 0.05) is 70.8 Å². The SMILES string of the molecule is CC(C)(C)N1CCN(c2ccc(Nc3ncc4cccc(-c5cc(Cl)ccc5F)c4n3)cc2)CC1. The van der Waals surface area contributed by atoms with Crippen LogP contribution in [0.15, 0.2) is 66.9 Å². The summed E-state index contributed by atoms with van der Waals surface area (Å²) < 4.78 is 14.6. The first kappa shape index (κ1) is 23.5. The number of para-hydroxylation sites is 1. The van der Waals surface area contributed by atoms with E-state index in [2.05, 4.69) is 53.0 Å². The van der Waals surface area contributed by atoms with Gasteiger partial charge in [-0.05, 0) is 63.2 Å². The number of fused-ring (bicyclic) bond motifs is 1. The normalized spacial score (nSPS) is 14.9. The maximum absolute atomic E-state index is 14.6. The highest BCUT2D eigenvalue weighted by molar-refractivity contribution is 6.30.